The van der Waals surface area contributed by atoms with Crippen molar-refractivity contribution in [2.75, 3.05) is 20.2 Å². The number of aliphatic hydroxyl groups excluding tert-OH is 1. The van der Waals surface area contributed by atoms with Gasteiger partial charge in [-0.25, -0.2) is 0 Å². The number of hydrogen-bond donors (Lipinski definition) is 1. The molecule has 2 nitrogen and oxygen atoms in total. The van der Waals surface area contributed by atoms with Gasteiger partial charge in [0.2, 0.25) is 0 Å². The summed E-state index contributed by atoms with van der Waals surface area (Å²) in [6, 6.07) is 5.83. The molecule has 0 bridgehead atoms. The van der Waals surface area contributed by atoms with Crippen molar-refractivity contribution in [3.63, 3.8) is 0 Å². The summed E-state index contributed by atoms with van der Waals surface area (Å²) in [5, 5.41) is 10.2. The molecule has 4 heteroatoms. The van der Waals surface area contributed by atoms with Crippen LogP contribution in [-0.2, 0) is 6.42 Å². The van der Waals surface area contributed by atoms with Crippen LogP contribution in [0.4, 0.5) is 0 Å². The highest BCUT2D eigenvalue weighted by molar-refractivity contribution is 6.42. The molecular formula is C12H17Cl2NO. The van der Waals surface area contributed by atoms with Crippen LogP contribution in [0.15, 0.2) is 18.2 Å². The minimum atomic E-state index is 0.165. The van der Waals surface area contributed by atoms with Gasteiger partial charge in [-0.15, -0.1) is 0 Å². The van der Waals surface area contributed by atoms with Crippen molar-refractivity contribution >= 4 is 23.2 Å². The molecule has 90 valence electrons. The van der Waals surface area contributed by atoms with Crippen molar-refractivity contribution in [1.82, 2.24) is 4.90 Å². The van der Waals surface area contributed by atoms with Crippen LogP contribution in [0.1, 0.15) is 12.5 Å². The highest BCUT2D eigenvalue weighted by Crippen LogP contribution is 2.25. The summed E-state index contributed by atoms with van der Waals surface area (Å²) in [6.07, 6.45) is 0.834. The molecule has 1 N–H and O–H groups in total. The molecule has 1 atom stereocenters. The molecule has 0 aliphatic heterocycles. The first-order valence-electron chi connectivity index (χ1n) is 5.30. The lowest BCUT2D eigenvalue weighted by molar-refractivity contribution is 0.160. The molecule has 0 saturated carbocycles. The molecule has 0 radical (unpaired) electrons. The maximum absolute atomic E-state index is 9.01. The van der Waals surface area contributed by atoms with Gasteiger partial charge in [-0.05, 0) is 32.0 Å². The Morgan fingerprint density at radius 2 is 2.06 bits per heavy atom. The Balaban J connectivity index is 2.58. The third-order valence-corrected chi connectivity index (χ3v) is 3.64. The first kappa shape index (κ1) is 13.8. The second kappa shape index (κ2) is 6.45. The Morgan fingerprint density at radius 1 is 1.38 bits per heavy atom. The van der Waals surface area contributed by atoms with E-state index in [2.05, 4.69) is 4.90 Å². The molecule has 0 unspecified atom stereocenters. The fourth-order valence-electron chi connectivity index (χ4n) is 1.40. The van der Waals surface area contributed by atoms with Crippen molar-refractivity contribution in [2.45, 2.75) is 19.4 Å². The number of rotatable bonds is 5. The van der Waals surface area contributed by atoms with Gasteiger partial charge >= 0.3 is 0 Å². The molecule has 0 aliphatic carbocycles. The van der Waals surface area contributed by atoms with Gasteiger partial charge in [-0.3, -0.25) is 0 Å². The number of likely N-dealkylation sites (N-methyl/N-ethyl adjacent to an activating group) is 1. The number of nitrogens with zero attached hydrogens (tertiary/aromatic N) is 1. The summed E-state index contributed by atoms with van der Waals surface area (Å²) in [5.41, 5.74) is 1.05. The summed E-state index contributed by atoms with van der Waals surface area (Å²) in [4.78, 5) is 2.09. The molecule has 0 spiro atoms. The quantitative estimate of drug-likeness (QED) is 0.882. The predicted octanol–water partition coefficient (Wildman–Crippen LogP) is 2.85. The normalized spacial score (nSPS) is 13.1. The van der Waals surface area contributed by atoms with Gasteiger partial charge in [0.05, 0.1) is 16.7 Å². The Hall–Kier alpha value is -0.280. The van der Waals surface area contributed by atoms with E-state index in [0.717, 1.165) is 18.5 Å². The predicted molar refractivity (Wildman–Crippen MR) is 69.3 cm³/mol. The third kappa shape index (κ3) is 3.63. The van der Waals surface area contributed by atoms with Crippen molar-refractivity contribution in [2.24, 2.45) is 0 Å². The lowest BCUT2D eigenvalue weighted by Gasteiger charge is -2.22. The van der Waals surface area contributed by atoms with Gasteiger partial charge in [-0.2, -0.15) is 0 Å². The summed E-state index contributed by atoms with van der Waals surface area (Å²) in [6.45, 7) is 3.00. The highest BCUT2D eigenvalue weighted by Gasteiger charge is 2.09. The van der Waals surface area contributed by atoms with E-state index in [0.29, 0.717) is 10.0 Å². The average molecular weight is 262 g/mol. The van der Waals surface area contributed by atoms with Gasteiger partial charge in [0.15, 0.2) is 0 Å². The van der Waals surface area contributed by atoms with Crippen LogP contribution >= 0.6 is 23.2 Å². The molecule has 0 fully saturated rings. The van der Waals surface area contributed by atoms with Gasteiger partial charge in [0.1, 0.15) is 0 Å². The minimum Gasteiger partial charge on any atom is -0.395 e. The fraction of sp³-hybridized carbons (Fsp3) is 0.500. The summed E-state index contributed by atoms with van der Waals surface area (Å²) in [5.74, 6) is 0. The summed E-state index contributed by atoms with van der Waals surface area (Å²) >= 11 is 12.0. The van der Waals surface area contributed by atoms with Gasteiger partial charge in [0, 0.05) is 12.6 Å². The van der Waals surface area contributed by atoms with Crippen LogP contribution in [0, 0.1) is 0 Å². The van der Waals surface area contributed by atoms with Gasteiger partial charge in [0.25, 0.3) is 0 Å². The molecular weight excluding hydrogens is 245 g/mol. The number of hydrogen-bond acceptors (Lipinski definition) is 2. The Morgan fingerprint density at radius 3 is 2.69 bits per heavy atom. The Labute approximate surface area is 107 Å². The molecule has 0 heterocycles. The maximum Gasteiger partial charge on any atom is 0.0624 e. The van der Waals surface area contributed by atoms with E-state index in [4.69, 9.17) is 28.3 Å². The molecule has 16 heavy (non-hydrogen) atoms. The zero-order chi connectivity index (χ0) is 12.1. The number of aliphatic hydroxyl groups is 1. The van der Waals surface area contributed by atoms with Crippen molar-refractivity contribution in [1.29, 1.82) is 0 Å². The largest absolute Gasteiger partial charge is 0.395 e. The maximum atomic E-state index is 9.01. The van der Waals surface area contributed by atoms with Crippen LogP contribution in [0.3, 0.4) is 0 Å². The summed E-state index contributed by atoms with van der Waals surface area (Å²) in [7, 11) is 1.99. The van der Waals surface area contributed by atoms with E-state index in [1.165, 1.54) is 0 Å². The molecule has 1 rings (SSSR count). The van der Waals surface area contributed by atoms with Crippen LogP contribution in [0.25, 0.3) is 0 Å². The Kier molecular flexibility index (Phi) is 5.56. The fourth-order valence-corrected chi connectivity index (χ4v) is 1.81. The van der Waals surface area contributed by atoms with Gasteiger partial charge in [-0.1, -0.05) is 35.3 Å². The number of benzene rings is 1. The smallest absolute Gasteiger partial charge is 0.0624 e. The van der Waals surface area contributed by atoms with E-state index < -0.39 is 0 Å². The van der Waals surface area contributed by atoms with Crippen LogP contribution in [-0.4, -0.2) is 36.2 Å². The molecule has 1 aromatic rings. The van der Waals surface area contributed by atoms with Crippen molar-refractivity contribution in [3.05, 3.63) is 33.8 Å². The molecule has 0 aliphatic rings. The molecule has 0 amide bonds. The highest BCUT2D eigenvalue weighted by atomic mass is 35.5. The lowest BCUT2D eigenvalue weighted by atomic mass is 10.1. The average Bonchev–Trinajstić information content (AvgIpc) is 2.29. The van der Waals surface area contributed by atoms with E-state index in [9.17, 15) is 0 Å². The van der Waals surface area contributed by atoms with Gasteiger partial charge < -0.3 is 10.0 Å². The second-order valence-corrected chi connectivity index (χ2v) is 4.76. The van der Waals surface area contributed by atoms with E-state index in [-0.39, 0.29) is 12.6 Å². The first-order chi connectivity index (χ1) is 7.56. The second-order valence-electron chi connectivity index (χ2n) is 3.98. The zero-order valence-electron chi connectivity index (χ0n) is 9.58. The lowest BCUT2D eigenvalue weighted by Crippen LogP contribution is -2.33. The topological polar surface area (TPSA) is 23.5 Å². The van der Waals surface area contributed by atoms with E-state index in [1.807, 2.05) is 26.1 Å². The van der Waals surface area contributed by atoms with Crippen molar-refractivity contribution < 1.29 is 5.11 Å². The molecule has 1 aromatic carbocycles. The molecule has 0 aromatic heterocycles. The SMILES string of the molecule is C[C@@H](CO)N(C)CCc1cccc(Cl)c1Cl. The standard InChI is InChI=1S/C12H17Cl2NO/c1-9(8-16)15(2)7-6-10-4-3-5-11(13)12(10)14/h3-5,9,16H,6-8H2,1-2H3/t9-/m0/s1. The minimum absolute atomic E-state index is 0.165. The van der Waals surface area contributed by atoms with E-state index >= 15 is 0 Å². The third-order valence-electron chi connectivity index (χ3n) is 2.78. The monoisotopic (exact) mass is 261 g/mol. The van der Waals surface area contributed by atoms with E-state index in [1.54, 1.807) is 6.07 Å². The van der Waals surface area contributed by atoms with Crippen LogP contribution in [0.2, 0.25) is 10.0 Å². The zero-order valence-corrected chi connectivity index (χ0v) is 11.1. The summed E-state index contributed by atoms with van der Waals surface area (Å²) < 4.78 is 0. The van der Waals surface area contributed by atoms with Crippen molar-refractivity contribution in [3.8, 4) is 0 Å². The number of halogens is 2. The van der Waals surface area contributed by atoms with Crippen LogP contribution < -0.4 is 0 Å². The molecule has 0 saturated heterocycles. The van der Waals surface area contributed by atoms with Crippen LogP contribution in [0.5, 0.6) is 0 Å². The first-order valence-corrected chi connectivity index (χ1v) is 6.05. The Bertz CT molecular complexity index is 344.